The van der Waals surface area contributed by atoms with Crippen LogP contribution in [0.1, 0.15) is 13.3 Å². The zero-order valence-electron chi connectivity index (χ0n) is 10.3. The predicted molar refractivity (Wildman–Crippen MR) is 66.9 cm³/mol. The summed E-state index contributed by atoms with van der Waals surface area (Å²) in [5.74, 6) is 0.615. The summed E-state index contributed by atoms with van der Waals surface area (Å²) in [4.78, 5) is 4.78. The molecular weight excluding hydrogens is 200 g/mol. The van der Waals surface area contributed by atoms with Crippen molar-refractivity contribution in [3.63, 3.8) is 0 Å². The molecule has 0 aliphatic carbocycles. The highest BCUT2D eigenvalue weighted by Gasteiger charge is 2.28. The van der Waals surface area contributed by atoms with E-state index in [0.717, 1.165) is 39.3 Å². The number of nitrogens with two attached hydrogens (primary N) is 1. The Labute approximate surface area is 98.5 Å². The van der Waals surface area contributed by atoms with Crippen molar-refractivity contribution in [2.24, 2.45) is 11.7 Å². The lowest BCUT2D eigenvalue weighted by molar-refractivity contribution is 0.238. The van der Waals surface area contributed by atoms with Crippen molar-refractivity contribution < 1.29 is 0 Å². The molecule has 3 N–H and O–H groups in total. The maximum absolute atomic E-state index is 5.91. The first-order valence-corrected chi connectivity index (χ1v) is 6.32. The first kappa shape index (κ1) is 11.9. The molecule has 4 nitrogen and oxygen atoms in total. The fraction of sp³-hybridized carbons (Fsp3) is 0.833. The molecule has 0 spiro atoms. The highest BCUT2D eigenvalue weighted by molar-refractivity contribution is 5.05. The van der Waals surface area contributed by atoms with E-state index in [0.29, 0.717) is 5.92 Å². The van der Waals surface area contributed by atoms with Crippen molar-refractivity contribution in [2.75, 3.05) is 39.3 Å². The lowest BCUT2D eigenvalue weighted by Gasteiger charge is -2.34. The molecule has 2 atom stereocenters. The van der Waals surface area contributed by atoms with Crippen LogP contribution < -0.4 is 11.1 Å². The highest BCUT2D eigenvalue weighted by Crippen LogP contribution is 2.25. The van der Waals surface area contributed by atoms with Crippen LogP contribution in [-0.2, 0) is 0 Å². The summed E-state index contributed by atoms with van der Waals surface area (Å²) in [6, 6.07) is 0. The molecule has 2 saturated heterocycles. The summed E-state index contributed by atoms with van der Waals surface area (Å²) >= 11 is 0. The van der Waals surface area contributed by atoms with Crippen molar-refractivity contribution in [2.45, 2.75) is 19.5 Å². The minimum atomic E-state index is 0.181. The average molecular weight is 224 g/mol. The molecule has 2 aliphatic rings. The Balaban J connectivity index is 1.86. The second kappa shape index (κ2) is 5.17. The van der Waals surface area contributed by atoms with Crippen LogP contribution in [0.3, 0.4) is 0 Å². The van der Waals surface area contributed by atoms with E-state index in [1.807, 2.05) is 0 Å². The molecule has 16 heavy (non-hydrogen) atoms. The van der Waals surface area contributed by atoms with E-state index in [2.05, 4.69) is 28.6 Å². The second-order valence-electron chi connectivity index (χ2n) is 4.95. The van der Waals surface area contributed by atoms with Crippen LogP contribution in [-0.4, -0.2) is 55.2 Å². The zero-order chi connectivity index (χ0) is 11.5. The maximum Gasteiger partial charge on any atom is 0.0542 e. The number of rotatable bonds is 3. The first-order valence-electron chi connectivity index (χ1n) is 6.32. The van der Waals surface area contributed by atoms with Crippen LogP contribution in [0.5, 0.6) is 0 Å². The number of nitrogens with one attached hydrogen (secondary N) is 1. The Bertz CT molecular complexity index is 245. The fourth-order valence-corrected chi connectivity index (χ4v) is 2.64. The third-order valence-electron chi connectivity index (χ3n) is 3.79. The standard InChI is InChI=1S/C12H24N4/c1-10(15-7-4-14-5-8-15)12-3-6-16(9-12)11(2)13/h11-12,14H,1,3-9,13H2,2H3. The molecule has 92 valence electrons. The fourth-order valence-electron chi connectivity index (χ4n) is 2.64. The van der Waals surface area contributed by atoms with Crippen molar-refractivity contribution >= 4 is 0 Å². The van der Waals surface area contributed by atoms with E-state index in [9.17, 15) is 0 Å². The van der Waals surface area contributed by atoms with Crippen LogP contribution in [0.4, 0.5) is 0 Å². The molecule has 4 heteroatoms. The van der Waals surface area contributed by atoms with Crippen molar-refractivity contribution in [1.82, 2.24) is 15.1 Å². The monoisotopic (exact) mass is 224 g/mol. The van der Waals surface area contributed by atoms with Gasteiger partial charge >= 0.3 is 0 Å². The predicted octanol–water partition coefficient (Wildman–Crippen LogP) is 0.0319. The SMILES string of the molecule is C=C(C1CCN(C(C)N)C1)N1CCNCC1. The van der Waals surface area contributed by atoms with Gasteiger partial charge in [0.05, 0.1) is 6.17 Å². The second-order valence-corrected chi connectivity index (χ2v) is 4.95. The van der Waals surface area contributed by atoms with Gasteiger partial charge in [0, 0.05) is 50.9 Å². The molecule has 0 bridgehead atoms. The van der Waals surface area contributed by atoms with E-state index >= 15 is 0 Å². The number of hydrogen-bond acceptors (Lipinski definition) is 4. The van der Waals surface area contributed by atoms with Crippen molar-refractivity contribution in [3.05, 3.63) is 12.3 Å². The highest BCUT2D eigenvalue weighted by atomic mass is 15.3. The van der Waals surface area contributed by atoms with Gasteiger partial charge in [-0.2, -0.15) is 0 Å². The summed E-state index contributed by atoms with van der Waals surface area (Å²) in [5, 5.41) is 3.37. The van der Waals surface area contributed by atoms with Gasteiger partial charge in [0.15, 0.2) is 0 Å². The van der Waals surface area contributed by atoms with E-state index < -0.39 is 0 Å². The molecule has 0 radical (unpaired) electrons. The Morgan fingerprint density at radius 1 is 1.38 bits per heavy atom. The summed E-state index contributed by atoms with van der Waals surface area (Å²) in [5.41, 5.74) is 7.23. The smallest absolute Gasteiger partial charge is 0.0542 e. The van der Waals surface area contributed by atoms with Gasteiger partial charge in [-0.15, -0.1) is 0 Å². The average Bonchev–Trinajstić information content (AvgIpc) is 2.78. The Morgan fingerprint density at radius 3 is 2.62 bits per heavy atom. The maximum atomic E-state index is 5.91. The summed E-state index contributed by atoms with van der Waals surface area (Å²) in [6.45, 7) is 12.9. The summed E-state index contributed by atoms with van der Waals surface area (Å²) < 4.78 is 0. The number of nitrogens with zero attached hydrogens (tertiary/aromatic N) is 2. The van der Waals surface area contributed by atoms with Crippen LogP contribution in [0.15, 0.2) is 12.3 Å². The number of likely N-dealkylation sites (tertiary alicyclic amines) is 1. The number of piperazine rings is 1. The van der Waals surface area contributed by atoms with E-state index in [-0.39, 0.29) is 6.17 Å². The van der Waals surface area contributed by atoms with Gasteiger partial charge in [-0.25, -0.2) is 0 Å². The van der Waals surface area contributed by atoms with E-state index in [1.165, 1.54) is 12.1 Å². The molecule has 2 heterocycles. The lowest BCUT2D eigenvalue weighted by Crippen LogP contribution is -2.44. The van der Waals surface area contributed by atoms with Crippen LogP contribution in [0.25, 0.3) is 0 Å². The van der Waals surface area contributed by atoms with E-state index in [1.54, 1.807) is 0 Å². The van der Waals surface area contributed by atoms with Gasteiger partial charge in [-0.3, -0.25) is 4.90 Å². The van der Waals surface area contributed by atoms with Gasteiger partial charge in [0.25, 0.3) is 0 Å². The topological polar surface area (TPSA) is 44.5 Å². The van der Waals surface area contributed by atoms with Gasteiger partial charge in [-0.05, 0) is 13.3 Å². The molecular formula is C12H24N4. The summed E-state index contributed by atoms with van der Waals surface area (Å²) in [7, 11) is 0. The third-order valence-corrected chi connectivity index (χ3v) is 3.79. The molecule has 2 rings (SSSR count). The molecule has 0 saturated carbocycles. The molecule has 0 aromatic rings. The quantitative estimate of drug-likeness (QED) is 0.710. The largest absolute Gasteiger partial charge is 0.372 e. The molecule has 2 fully saturated rings. The lowest BCUT2D eigenvalue weighted by atomic mass is 10.0. The van der Waals surface area contributed by atoms with Gasteiger partial charge < -0.3 is 16.0 Å². The molecule has 0 aromatic carbocycles. The van der Waals surface area contributed by atoms with Crippen LogP contribution in [0, 0.1) is 5.92 Å². The Hall–Kier alpha value is -0.580. The molecule has 2 unspecified atom stereocenters. The number of hydrogen-bond donors (Lipinski definition) is 2. The third kappa shape index (κ3) is 2.56. The molecule has 0 amide bonds. The molecule has 2 aliphatic heterocycles. The summed E-state index contributed by atoms with van der Waals surface area (Å²) in [6.07, 6.45) is 1.39. The normalized spacial score (nSPS) is 29.4. The van der Waals surface area contributed by atoms with Gasteiger partial charge in [0.2, 0.25) is 0 Å². The van der Waals surface area contributed by atoms with Gasteiger partial charge in [0.1, 0.15) is 0 Å². The van der Waals surface area contributed by atoms with Crippen LogP contribution >= 0.6 is 0 Å². The van der Waals surface area contributed by atoms with Crippen LogP contribution in [0.2, 0.25) is 0 Å². The van der Waals surface area contributed by atoms with E-state index in [4.69, 9.17) is 5.73 Å². The molecule has 0 aromatic heterocycles. The zero-order valence-corrected chi connectivity index (χ0v) is 10.3. The van der Waals surface area contributed by atoms with Gasteiger partial charge in [-0.1, -0.05) is 6.58 Å². The first-order chi connectivity index (χ1) is 7.68. The van der Waals surface area contributed by atoms with Crippen molar-refractivity contribution in [1.29, 1.82) is 0 Å². The van der Waals surface area contributed by atoms with Crippen molar-refractivity contribution in [3.8, 4) is 0 Å². The minimum Gasteiger partial charge on any atom is -0.372 e. The Kier molecular flexibility index (Phi) is 3.84. The Morgan fingerprint density at radius 2 is 2.06 bits per heavy atom. The minimum absolute atomic E-state index is 0.181.